The molecule has 0 radical (unpaired) electrons. The Labute approximate surface area is 164 Å². The highest BCUT2D eigenvalue weighted by atomic mass is 16.2. The summed E-state index contributed by atoms with van der Waals surface area (Å²) >= 11 is 0. The Morgan fingerprint density at radius 1 is 1.04 bits per heavy atom. The lowest BCUT2D eigenvalue weighted by Crippen LogP contribution is -2.50. The first-order valence-electron chi connectivity index (χ1n) is 9.59. The predicted octanol–water partition coefficient (Wildman–Crippen LogP) is 1.98. The Balaban J connectivity index is 1.29. The fourth-order valence-corrected chi connectivity index (χ4v) is 3.67. The normalized spacial score (nSPS) is 20.9. The van der Waals surface area contributed by atoms with E-state index in [0.29, 0.717) is 13.0 Å². The zero-order chi connectivity index (χ0) is 19.3. The van der Waals surface area contributed by atoms with Crippen LogP contribution in [0.5, 0.6) is 0 Å². The molecule has 2 amide bonds. The van der Waals surface area contributed by atoms with E-state index >= 15 is 0 Å². The molecule has 2 atom stereocenters. The number of carbonyl (C=O) groups excluding carboxylic acids is 2. The van der Waals surface area contributed by atoms with Crippen molar-refractivity contribution in [2.24, 2.45) is 0 Å². The SMILES string of the molecule is O=C(CN1C=CN2NC(c3ccccc3)CC2C1=O)NCCc1ccccc1. The first-order chi connectivity index (χ1) is 13.7. The second kappa shape index (κ2) is 8.27. The fourth-order valence-electron chi connectivity index (χ4n) is 3.67. The third kappa shape index (κ3) is 4.07. The molecule has 2 N–H and O–H groups in total. The average Bonchev–Trinajstić information content (AvgIpc) is 3.17. The van der Waals surface area contributed by atoms with Crippen molar-refractivity contribution in [1.29, 1.82) is 0 Å². The summed E-state index contributed by atoms with van der Waals surface area (Å²) in [4.78, 5) is 26.6. The maximum atomic E-state index is 12.8. The Bertz CT molecular complexity index is 853. The first-order valence-corrected chi connectivity index (χ1v) is 9.59. The van der Waals surface area contributed by atoms with Gasteiger partial charge < -0.3 is 15.2 Å². The monoisotopic (exact) mass is 376 g/mol. The van der Waals surface area contributed by atoms with Crippen LogP contribution >= 0.6 is 0 Å². The molecule has 1 saturated heterocycles. The first kappa shape index (κ1) is 18.3. The van der Waals surface area contributed by atoms with Crippen molar-refractivity contribution in [3.05, 3.63) is 84.2 Å². The lowest BCUT2D eigenvalue weighted by atomic mass is 10.0. The maximum Gasteiger partial charge on any atom is 0.251 e. The van der Waals surface area contributed by atoms with E-state index in [9.17, 15) is 9.59 Å². The molecule has 6 nitrogen and oxygen atoms in total. The van der Waals surface area contributed by atoms with Crippen molar-refractivity contribution >= 4 is 11.8 Å². The zero-order valence-electron chi connectivity index (χ0n) is 15.6. The Morgan fingerprint density at radius 3 is 2.50 bits per heavy atom. The summed E-state index contributed by atoms with van der Waals surface area (Å²) in [6, 6.07) is 19.9. The number of hydrogen-bond acceptors (Lipinski definition) is 4. The average molecular weight is 376 g/mol. The third-order valence-electron chi connectivity index (χ3n) is 5.17. The van der Waals surface area contributed by atoms with Crippen LogP contribution in [0.15, 0.2) is 73.1 Å². The van der Waals surface area contributed by atoms with E-state index in [2.05, 4.69) is 22.9 Å². The van der Waals surface area contributed by atoms with Gasteiger partial charge in [0.15, 0.2) is 0 Å². The highest BCUT2D eigenvalue weighted by Gasteiger charge is 2.40. The molecule has 2 heterocycles. The minimum Gasteiger partial charge on any atom is -0.354 e. The summed E-state index contributed by atoms with van der Waals surface area (Å²) in [5, 5.41) is 4.75. The molecule has 1 fully saturated rings. The van der Waals surface area contributed by atoms with Gasteiger partial charge in [0.2, 0.25) is 5.91 Å². The van der Waals surface area contributed by atoms with Crippen molar-refractivity contribution in [3.63, 3.8) is 0 Å². The number of hydrogen-bond donors (Lipinski definition) is 2. The van der Waals surface area contributed by atoms with Crippen molar-refractivity contribution in [2.75, 3.05) is 13.1 Å². The molecule has 0 spiro atoms. The zero-order valence-corrected chi connectivity index (χ0v) is 15.6. The molecule has 0 aliphatic carbocycles. The van der Waals surface area contributed by atoms with Crippen LogP contribution in [0.25, 0.3) is 0 Å². The molecule has 0 aromatic heterocycles. The number of benzene rings is 2. The number of nitrogens with zero attached hydrogens (tertiary/aromatic N) is 2. The molecule has 2 aliphatic heterocycles. The number of amides is 2. The van der Waals surface area contributed by atoms with Gasteiger partial charge in [-0.05, 0) is 24.0 Å². The molecule has 4 rings (SSSR count). The fraction of sp³-hybridized carbons (Fsp3) is 0.273. The van der Waals surface area contributed by atoms with Crippen LogP contribution in [-0.4, -0.2) is 40.9 Å². The van der Waals surface area contributed by atoms with Crippen LogP contribution < -0.4 is 10.7 Å². The van der Waals surface area contributed by atoms with Crippen LogP contribution in [-0.2, 0) is 16.0 Å². The standard InChI is InChI=1S/C22H24N4O2/c27-21(23-12-11-17-7-3-1-4-8-17)16-25-13-14-26-20(22(25)28)15-19(24-26)18-9-5-2-6-10-18/h1-10,13-14,19-20,24H,11-12,15-16H2,(H,23,27). The van der Waals surface area contributed by atoms with Crippen LogP contribution in [0.4, 0.5) is 0 Å². The smallest absolute Gasteiger partial charge is 0.251 e. The molecule has 6 heteroatoms. The van der Waals surface area contributed by atoms with E-state index in [1.807, 2.05) is 59.7 Å². The van der Waals surface area contributed by atoms with Crippen LogP contribution in [0.3, 0.4) is 0 Å². The van der Waals surface area contributed by atoms with Gasteiger partial charge in [0.05, 0.1) is 6.04 Å². The lowest BCUT2D eigenvalue weighted by molar-refractivity contribution is -0.138. The minimum absolute atomic E-state index is 0.0461. The van der Waals surface area contributed by atoms with Gasteiger partial charge in [-0.15, -0.1) is 0 Å². The highest BCUT2D eigenvalue weighted by Crippen LogP contribution is 2.30. The molecular formula is C22H24N4O2. The number of carbonyl (C=O) groups is 2. The Kier molecular flexibility index (Phi) is 5.39. The minimum atomic E-state index is -0.285. The van der Waals surface area contributed by atoms with Gasteiger partial charge in [-0.1, -0.05) is 60.7 Å². The summed E-state index contributed by atoms with van der Waals surface area (Å²) in [6.45, 7) is 0.603. The van der Waals surface area contributed by atoms with Gasteiger partial charge in [-0.25, -0.2) is 5.43 Å². The second-order valence-electron chi connectivity index (χ2n) is 7.10. The van der Waals surface area contributed by atoms with Crippen molar-refractivity contribution in [3.8, 4) is 0 Å². The van der Waals surface area contributed by atoms with Crippen molar-refractivity contribution in [1.82, 2.24) is 20.7 Å². The van der Waals surface area contributed by atoms with Crippen LogP contribution in [0, 0.1) is 0 Å². The maximum absolute atomic E-state index is 12.8. The molecule has 2 unspecified atom stereocenters. The topological polar surface area (TPSA) is 64.7 Å². The van der Waals surface area contributed by atoms with E-state index in [1.165, 1.54) is 10.5 Å². The number of rotatable bonds is 6. The van der Waals surface area contributed by atoms with Crippen molar-refractivity contribution < 1.29 is 9.59 Å². The molecule has 144 valence electrons. The molecule has 28 heavy (non-hydrogen) atoms. The molecule has 2 aliphatic rings. The third-order valence-corrected chi connectivity index (χ3v) is 5.17. The van der Waals surface area contributed by atoms with Gasteiger partial charge in [-0.2, -0.15) is 0 Å². The number of nitrogens with one attached hydrogen (secondary N) is 2. The number of hydrazine groups is 1. The predicted molar refractivity (Wildman–Crippen MR) is 107 cm³/mol. The molecule has 0 saturated carbocycles. The van der Waals surface area contributed by atoms with E-state index in [1.54, 1.807) is 6.20 Å². The van der Waals surface area contributed by atoms with E-state index in [0.717, 1.165) is 12.0 Å². The lowest BCUT2D eigenvalue weighted by Gasteiger charge is -2.31. The quantitative estimate of drug-likeness (QED) is 0.809. The van der Waals surface area contributed by atoms with Gasteiger partial charge in [0.1, 0.15) is 12.6 Å². The van der Waals surface area contributed by atoms with Crippen LogP contribution in [0.2, 0.25) is 0 Å². The van der Waals surface area contributed by atoms with E-state index in [4.69, 9.17) is 0 Å². The van der Waals surface area contributed by atoms with E-state index < -0.39 is 0 Å². The summed E-state index contributed by atoms with van der Waals surface area (Å²) in [6.07, 6.45) is 4.97. The summed E-state index contributed by atoms with van der Waals surface area (Å²) in [5.74, 6) is -0.195. The summed E-state index contributed by atoms with van der Waals surface area (Å²) in [5.41, 5.74) is 5.70. The van der Waals surface area contributed by atoms with Gasteiger partial charge in [0, 0.05) is 18.9 Å². The highest BCUT2D eigenvalue weighted by molar-refractivity contribution is 5.89. The van der Waals surface area contributed by atoms with E-state index in [-0.39, 0.29) is 30.4 Å². The van der Waals surface area contributed by atoms with Crippen molar-refractivity contribution in [2.45, 2.75) is 24.9 Å². The van der Waals surface area contributed by atoms with Crippen LogP contribution in [0.1, 0.15) is 23.6 Å². The Morgan fingerprint density at radius 2 is 1.75 bits per heavy atom. The molecule has 0 bridgehead atoms. The van der Waals surface area contributed by atoms with Gasteiger partial charge in [-0.3, -0.25) is 9.59 Å². The molecule has 2 aromatic rings. The summed E-state index contributed by atoms with van der Waals surface area (Å²) < 4.78 is 0. The summed E-state index contributed by atoms with van der Waals surface area (Å²) in [7, 11) is 0. The number of fused-ring (bicyclic) bond motifs is 1. The second-order valence-corrected chi connectivity index (χ2v) is 7.10. The largest absolute Gasteiger partial charge is 0.354 e. The molecule has 2 aromatic carbocycles. The van der Waals surface area contributed by atoms with Gasteiger partial charge >= 0.3 is 0 Å². The molecular weight excluding hydrogens is 352 g/mol. The Hall–Kier alpha value is -3.12. The van der Waals surface area contributed by atoms with Gasteiger partial charge in [0.25, 0.3) is 5.91 Å².